The Morgan fingerprint density at radius 1 is 1.10 bits per heavy atom. The molecular formula is C33H49ClN6O8. The Balaban J connectivity index is 1.75. The largest absolute Gasteiger partial charge is 0.490 e. The van der Waals surface area contributed by atoms with Crippen molar-refractivity contribution in [2.75, 3.05) is 26.7 Å². The minimum Gasteiger partial charge on any atom is -0.490 e. The van der Waals surface area contributed by atoms with Crippen LogP contribution in [0.1, 0.15) is 78.2 Å². The summed E-state index contributed by atoms with van der Waals surface area (Å²) in [5.41, 5.74) is 5.41. The number of carbonyl (C=O) groups is 6. The van der Waals surface area contributed by atoms with E-state index in [0.717, 1.165) is 5.56 Å². The molecule has 14 nitrogen and oxygen atoms in total. The summed E-state index contributed by atoms with van der Waals surface area (Å²) in [7, 11) is 1.58. The maximum atomic E-state index is 14.0. The number of amides is 6. The number of ether oxygens (including phenoxy) is 2. The summed E-state index contributed by atoms with van der Waals surface area (Å²) in [5, 5.41) is 8.54. The van der Waals surface area contributed by atoms with Crippen molar-refractivity contribution in [2.24, 2.45) is 5.73 Å². The third-order valence-electron chi connectivity index (χ3n) is 8.33. The third-order valence-corrected chi connectivity index (χ3v) is 8.76. The summed E-state index contributed by atoms with van der Waals surface area (Å²) in [6.07, 6.45) is 2.25. The molecule has 15 heteroatoms. The first-order valence-corrected chi connectivity index (χ1v) is 16.7. The van der Waals surface area contributed by atoms with Gasteiger partial charge in [0, 0.05) is 39.4 Å². The lowest BCUT2D eigenvalue weighted by molar-refractivity contribution is -0.145. The molecule has 2 heterocycles. The van der Waals surface area contributed by atoms with Crippen LogP contribution in [-0.2, 0) is 35.1 Å². The number of nitrogens with one attached hydrogen (secondary N) is 3. The normalized spacial score (nSPS) is 20.1. The number of carbonyl (C=O) groups excluding carboxylic acids is 6. The zero-order chi connectivity index (χ0) is 35.6. The highest BCUT2D eigenvalue weighted by Crippen LogP contribution is 2.31. The number of hydrogen-bond acceptors (Lipinski definition) is 8. The van der Waals surface area contributed by atoms with Crippen LogP contribution in [0.25, 0.3) is 0 Å². The van der Waals surface area contributed by atoms with Gasteiger partial charge in [0.25, 0.3) is 0 Å². The highest BCUT2D eigenvalue weighted by molar-refractivity contribution is 6.32. The van der Waals surface area contributed by atoms with E-state index in [-0.39, 0.29) is 43.8 Å². The van der Waals surface area contributed by atoms with Crippen LogP contribution in [0.2, 0.25) is 5.02 Å². The summed E-state index contributed by atoms with van der Waals surface area (Å²) in [6, 6.07) is 2.38. The minimum atomic E-state index is -1.13. The predicted octanol–water partition coefficient (Wildman–Crippen LogP) is 2.04. The second-order valence-corrected chi connectivity index (χ2v) is 13.6. The Morgan fingerprint density at radius 3 is 2.48 bits per heavy atom. The average Bonchev–Trinajstić information content (AvgIpc) is 3.42. The Kier molecular flexibility index (Phi) is 13.9. The van der Waals surface area contributed by atoms with Crippen molar-refractivity contribution in [2.45, 2.75) is 109 Å². The molecule has 0 aliphatic carbocycles. The van der Waals surface area contributed by atoms with Crippen LogP contribution in [0.15, 0.2) is 18.2 Å². The van der Waals surface area contributed by atoms with Crippen LogP contribution >= 0.6 is 11.6 Å². The van der Waals surface area contributed by atoms with Crippen LogP contribution in [0.5, 0.6) is 5.75 Å². The van der Waals surface area contributed by atoms with Crippen molar-refractivity contribution in [3.05, 3.63) is 28.8 Å². The van der Waals surface area contributed by atoms with Gasteiger partial charge in [0.05, 0.1) is 17.6 Å². The van der Waals surface area contributed by atoms with E-state index in [1.54, 1.807) is 40.0 Å². The number of hydrogen-bond donors (Lipinski definition) is 4. The van der Waals surface area contributed by atoms with Crippen molar-refractivity contribution in [1.29, 1.82) is 0 Å². The SMILES string of the molecule is CNC(=O)CCCc1cccc(OCC(CCC(N)=O)NC(=O)C2CC[C@@H]3CCN(C(C)=O)CC(NC(=O)OC(C)(C)C)C(=O)N23)c1Cl. The number of aryl methyl sites for hydroxylation is 1. The molecular weight excluding hydrogens is 644 g/mol. The maximum Gasteiger partial charge on any atom is 0.408 e. The second-order valence-electron chi connectivity index (χ2n) is 13.2. The van der Waals surface area contributed by atoms with E-state index in [4.69, 9.17) is 26.8 Å². The summed E-state index contributed by atoms with van der Waals surface area (Å²) >= 11 is 6.62. The van der Waals surface area contributed by atoms with Crippen LogP contribution in [-0.4, -0.2) is 102 Å². The molecule has 0 spiro atoms. The van der Waals surface area contributed by atoms with Gasteiger partial charge in [0.1, 0.15) is 30.0 Å². The maximum absolute atomic E-state index is 14.0. The highest BCUT2D eigenvalue weighted by atomic mass is 35.5. The fourth-order valence-electron chi connectivity index (χ4n) is 5.90. The summed E-state index contributed by atoms with van der Waals surface area (Å²) in [4.78, 5) is 79.1. The van der Waals surface area contributed by atoms with E-state index in [9.17, 15) is 28.8 Å². The molecule has 3 unspecified atom stereocenters. The van der Waals surface area contributed by atoms with Gasteiger partial charge in [-0.3, -0.25) is 24.0 Å². The zero-order valence-corrected chi connectivity index (χ0v) is 29.2. The molecule has 1 aromatic carbocycles. The molecule has 2 saturated heterocycles. The standard InChI is InChI=1S/C33H49ClN6O8/c1-20(41)39-17-16-23-13-14-25(40(23)31(45)24(18-39)38-32(46)48-33(2,3)4)30(44)37-22(12-15-27(35)42)19-47-26-10-6-8-21(29(26)34)9-7-11-28(43)36-5/h6,8,10,22-25H,7,9,11-19H2,1-5H3,(H2,35,42)(H,36,43)(H,37,44)(H,38,46)/t22?,23-,24?,25?/m1/s1. The molecule has 0 bridgehead atoms. The molecule has 0 radical (unpaired) electrons. The van der Waals surface area contributed by atoms with Gasteiger partial charge in [0.2, 0.25) is 29.5 Å². The fraction of sp³-hybridized carbons (Fsp3) is 0.636. The Morgan fingerprint density at radius 2 is 1.83 bits per heavy atom. The fourth-order valence-corrected chi connectivity index (χ4v) is 6.18. The lowest BCUT2D eigenvalue weighted by Gasteiger charge is -2.38. The molecule has 48 heavy (non-hydrogen) atoms. The zero-order valence-electron chi connectivity index (χ0n) is 28.4. The number of primary amides is 1. The minimum absolute atomic E-state index is 0.0136. The van der Waals surface area contributed by atoms with Crippen molar-refractivity contribution in [3.8, 4) is 5.75 Å². The summed E-state index contributed by atoms with van der Waals surface area (Å²) in [5.74, 6) is -1.37. The first-order valence-electron chi connectivity index (χ1n) is 16.4. The monoisotopic (exact) mass is 692 g/mol. The summed E-state index contributed by atoms with van der Waals surface area (Å²) in [6.45, 7) is 6.76. The van der Waals surface area contributed by atoms with E-state index < -0.39 is 47.5 Å². The molecule has 0 saturated carbocycles. The van der Waals surface area contributed by atoms with Gasteiger partial charge in [-0.25, -0.2) is 4.79 Å². The lowest BCUT2D eigenvalue weighted by atomic mass is 10.1. The predicted molar refractivity (Wildman–Crippen MR) is 178 cm³/mol. The van der Waals surface area contributed by atoms with E-state index in [1.165, 1.54) is 16.7 Å². The molecule has 2 aliphatic rings. The van der Waals surface area contributed by atoms with E-state index in [0.29, 0.717) is 55.8 Å². The topological polar surface area (TPSA) is 189 Å². The molecule has 6 amide bonds. The molecule has 1 aromatic rings. The first kappa shape index (κ1) is 38.4. The van der Waals surface area contributed by atoms with Crippen molar-refractivity contribution in [3.63, 3.8) is 0 Å². The van der Waals surface area contributed by atoms with Crippen LogP contribution < -0.4 is 26.4 Å². The molecule has 2 fully saturated rings. The summed E-state index contributed by atoms with van der Waals surface area (Å²) < 4.78 is 11.4. The third kappa shape index (κ3) is 11.3. The second kappa shape index (κ2) is 17.4. The number of fused-ring (bicyclic) bond motifs is 1. The molecule has 3 rings (SSSR count). The molecule has 4 atom stereocenters. The smallest absolute Gasteiger partial charge is 0.408 e. The Labute approximate surface area is 286 Å². The Hall–Kier alpha value is -4.07. The molecule has 0 aromatic heterocycles. The van der Waals surface area contributed by atoms with Crippen LogP contribution in [0, 0.1) is 0 Å². The van der Waals surface area contributed by atoms with Crippen molar-refractivity contribution < 1.29 is 38.2 Å². The van der Waals surface area contributed by atoms with E-state index in [2.05, 4.69) is 16.0 Å². The van der Waals surface area contributed by atoms with E-state index >= 15 is 0 Å². The van der Waals surface area contributed by atoms with Gasteiger partial charge in [-0.15, -0.1) is 0 Å². The number of benzene rings is 1. The van der Waals surface area contributed by atoms with Crippen LogP contribution in [0.3, 0.4) is 0 Å². The highest BCUT2D eigenvalue weighted by Gasteiger charge is 2.45. The number of nitrogens with zero attached hydrogens (tertiary/aromatic N) is 2. The quantitative estimate of drug-likeness (QED) is 0.242. The lowest BCUT2D eigenvalue weighted by Crippen LogP contribution is -2.61. The van der Waals surface area contributed by atoms with Gasteiger partial charge in [-0.1, -0.05) is 23.7 Å². The van der Waals surface area contributed by atoms with Crippen LogP contribution in [0.4, 0.5) is 4.79 Å². The number of alkyl carbamates (subject to hydrolysis) is 1. The number of halogens is 1. The Bertz CT molecular complexity index is 1350. The van der Waals surface area contributed by atoms with Gasteiger partial charge >= 0.3 is 6.09 Å². The van der Waals surface area contributed by atoms with Gasteiger partial charge in [-0.2, -0.15) is 0 Å². The van der Waals surface area contributed by atoms with Crippen molar-refractivity contribution >= 4 is 47.2 Å². The number of rotatable bonds is 13. The van der Waals surface area contributed by atoms with Gasteiger partial charge < -0.3 is 41.0 Å². The first-order chi connectivity index (χ1) is 22.6. The molecule has 5 N–H and O–H groups in total. The number of nitrogens with two attached hydrogens (primary N) is 1. The van der Waals surface area contributed by atoms with Gasteiger partial charge in [0.15, 0.2) is 0 Å². The average molecular weight is 693 g/mol. The van der Waals surface area contributed by atoms with Gasteiger partial charge in [-0.05, 0) is 70.9 Å². The van der Waals surface area contributed by atoms with Crippen molar-refractivity contribution in [1.82, 2.24) is 25.8 Å². The molecule has 2 aliphatic heterocycles. The molecule has 266 valence electrons. The van der Waals surface area contributed by atoms with E-state index in [1.807, 2.05) is 6.07 Å².